The van der Waals surface area contributed by atoms with Gasteiger partial charge in [0, 0.05) is 21.4 Å². The third kappa shape index (κ3) is 2.90. The highest BCUT2D eigenvalue weighted by molar-refractivity contribution is 9.10. The maximum absolute atomic E-state index is 10.5. The molecule has 106 valence electrons. The summed E-state index contributed by atoms with van der Waals surface area (Å²) in [5.41, 5.74) is 0.692. The van der Waals surface area contributed by atoms with E-state index in [1.54, 1.807) is 26.4 Å². The normalized spacial score (nSPS) is 12.0. The number of aliphatic hydroxyl groups excluding tert-OH is 1. The minimum absolute atomic E-state index is 0.589. The van der Waals surface area contributed by atoms with Crippen molar-refractivity contribution in [3.63, 3.8) is 0 Å². The highest BCUT2D eigenvalue weighted by atomic mass is 79.9. The Kier molecular flexibility index (Phi) is 4.86. The number of thiophene rings is 1. The Hall–Kier alpha value is -1.30. The van der Waals surface area contributed by atoms with Crippen molar-refractivity contribution in [1.82, 2.24) is 0 Å². The van der Waals surface area contributed by atoms with Crippen LogP contribution in [-0.4, -0.2) is 19.3 Å². The summed E-state index contributed by atoms with van der Waals surface area (Å²) in [6.45, 7) is 3.73. The largest absolute Gasteiger partial charge is 0.496 e. The lowest BCUT2D eigenvalue weighted by molar-refractivity contribution is 0.218. The van der Waals surface area contributed by atoms with Gasteiger partial charge in [0.2, 0.25) is 0 Å². The summed E-state index contributed by atoms with van der Waals surface area (Å²) in [6, 6.07) is 7.39. The zero-order valence-corrected chi connectivity index (χ0v) is 13.6. The SMILES string of the molecule is C=Cc1ccc(C(O)c2cc(Br)c(OC)cc2OC)s1. The summed E-state index contributed by atoms with van der Waals surface area (Å²) in [5, 5.41) is 10.5. The maximum atomic E-state index is 10.5. The molecule has 1 atom stereocenters. The van der Waals surface area contributed by atoms with E-state index in [-0.39, 0.29) is 0 Å². The molecule has 1 heterocycles. The molecule has 5 heteroatoms. The zero-order valence-electron chi connectivity index (χ0n) is 11.2. The first-order valence-electron chi connectivity index (χ1n) is 5.92. The second-order valence-corrected chi connectivity index (χ2v) is 6.08. The molecule has 20 heavy (non-hydrogen) atoms. The van der Waals surface area contributed by atoms with Crippen LogP contribution in [0.25, 0.3) is 6.08 Å². The molecule has 2 rings (SSSR count). The average molecular weight is 355 g/mol. The Morgan fingerprint density at radius 1 is 1.25 bits per heavy atom. The lowest BCUT2D eigenvalue weighted by Crippen LogP contribution is -2.01. The first kappa shape index (κ1) is 15.1. The van der Waals surface area contributed by atoms with Crippen LogP contribution in [0.4, 0.5) is 0 Å². The molecule has 1 N–H and O–H groups in total. The highest BCUT2D eigenvalue weighted by Crippen LogP contribution is 2.39. The van der Waals surface area contributed by atoms with Crippen molar-refractivity contribution >= 4 is 33.3 Å². The number of benzene rings is 1. The van der Waals surface area contributed by atoms with E-state index in [2.05, 4.69) is 22.5 Å². The molecule has 1 aromatic heterocycles. The lowest BCUT2D eigenvalue weighted by atomic mass is 10.1. The molecule has 0 saturated carbocycles. The Morgan fingerprint density at radius 2 is 1.95 bits per heavy atom. The number of methoxy groups -OCH3 is 2. The van der Waals surface area contributed by atoms with Gasteiger partial charge in [-0.25, -0.2) is 0 Å². The maximum Gasteiger partial charge on any atom is 0.136 e. The Balaban J connectivity index is 2.45. The first-order valence-corrected chi connectivity index (χ1v) is 7.53. The van der Waals surface area contributed by atoms with Crippen molar-refractivity contribution in [3.05, 3.63) is 50.6 Å². The summed E-state index contributed by atoms with van der Waals surface area (Å²) in [4.78, 5) is 1.86. The van der Waals surface area contributed by atoms with E-state index in [9.17, 15) is 5.11 Å². The standard InChI is InChI=1S/C15H15BrO3S/c1-4-9-5-6-14(20-9)15(17)10-7-11(16)13(19-3)8-12(10)18-2/h4-8,15,17H,1H2,2-3H3. The molecule has 2 aromatic rings. The second kappa shape index (κ2) is 6.43. The summed E-state index contributed by atoms with van der Waals surface area (Å²) in [7, 11) is 3.16. The van der Waals surface area contributed by atoms with Crippen LogP contribution in [0.3, 0.4) is 0 Å². The van der Waals surface area contributed by atoms with Crippen LogP contribution in [0.15, 0.2) is 35.3 Å². The predicted octanol–water partition coefficient (Wildman–Crippen LogP) is 4.25. The number of hydrogen-bond acceptors (Lipinski definition) is 4. The molecule has 0 amide bonds. The van der Waals surface area contributed by atoms with Gasteiger partial charge in [0.15, 0.2) is 0 Å². The molecule has 0 aliphatic carbocycles. The first-order chi connectivity index (χ1) is 9.60. The van der Waals surface area contributed by atoms with E-state index in [0.29, 0.717) is 17.1 Å². The summed E-state index contributed by atoms with van der Waals surface area (Å²) in [5.74, 6) is 1.25. The van der Waals surface area contributed by atoms with Gasteiger partial charge < -0.3 is 14.6 Å². The summed E-state index contributed by atoms with van der Waals surface area (Å²) >= 11 is 4.93. The lowest BCUT2D eigenvalue weighted by Gasteiger charge is -2.16. The van der Waals surface area contributed by atoms with Crippen LogP contribution in [0.1, 0.15) is 21.4 Å². The number of ether oxygens (including phenoxy) is 2. The Labute approximate surface area is 130 Å². The summed E-state index contributed by atoms with van der Waals surface area (Å²) in [6.07, 6.45) is 1.02. The highest BCUT2D eigenvalue weighted by Gasteiger charge is 2.19. The Morgan fingerprint density at radius 3 is 2.50 bits per heavy atom. The van der Waals surface area contributed by atoms with Gasteiger partial charge in [0.05, 0.1) is 18.7 Å². The molecule has 0 aliphatic heterocycles. The third-order valence-electron chi connectivity index (χ3n) is 2.92. The molecule has 0 bridgehead atoms. The van der Waals surface area contributed by atoms with E-state index < -0.39 is 6.10 Å². The fraction of sp³-hybridized carbons (Fsp3) is 0.200. The molecular weight excluding hydrogens is 340 g/mol. The molecule has 1 unspecified atom stereocenters. The van der Waals surface area contributed by atoms with Gasteiger partial charge in [0.25, 0.3) is 0 Å². The third-order valence-corrected chi connectivity index (χ3v) is 4.67. The quantitative estimate of drug-likeness (QED) is 0.871. The van der Waals surface area contributed by atoms with E-state index in [1.165, 1.54) is 11.3 Å². The molecule has 0 saturated heterocycles. The van der Waals surface area contributed by atoms with Crippen molar-refractivity contribution in [2.24, 2.45) is 0 Å². The molecule has 0 aliphatic rings. The van der Waals surface area contributed by atoms with Gasteiger partial charge in [-0.05, 0) is 34.1 Å². The smallest absolute Gasteiger partial charge is 0.136 e. The van der Waals surface area contributed by atoms with Crippen LogP contribution in [0.5, 0.6) is 11.5 Å². The Bertz CT molecular complexity index is 622. The molecule has 0 radical (unpaired) electrons. The van der Waals surface area contributed by atoms with E-state index >= 15 is 0 Å². The molecule has 0 spiro atoms. The van der Waals surface area contributed by atoms with Gasteiger partial charge in [-0.15, -0.1) is 11.3 Å². The van der Waals surface area contributed by atoms with Crippen LogP contribution in [0.2, 0.25) is 0 Å². The fourth-order valence-corrected chi connectivity index (χ4v) is 3.26. The molecule has 1 aromatic carbocycles. The predicted molar refractivity (Wildman–Crippen MR) is 85.7 cm³/mol. The van der Waals surface area contributed by atoms with Gasteiger partial charge >= 0.3 is 0 Å². The molecular formula is C15H15BrO3S. The van der Waals surface area contributed by atoms with Gasteiger partial charge in [0.1, 0.15) is 17.6 Å². The molecule has 0 fully saturated rings. The zero-order chi connectivity index (χ0) is 14.7. The van der Waals surface area contributed by atoms with Crippen LogP contribution in [0, 0.1) is 0 Å². The summed E-state index contributed by atoms with van der Waals surface area (Å²) < 4.78 is 11.3. The van der Waals surface area contributed by atoms with Crippen molar-refractivity contribution in [2.75, 3.05) is 14.2 Å². The van der Waals surface area contributed by atoms with E-state index in [0.717, 1.165) is 14.2 Å². The number of aliphatic hydroxyl groups is 1. The fourth-order valence-electron chi connectivity index (χ4n) is 1.88. The van der Waals surface area contributed by atoms with E-state index in [4.69, 9.17) is 9.47 Å². The number of hydrogen-bond donors (Lipinski definition) is 1. The van der Waals surface area contributed by atoms with Crippen molar-refractivity contribution in [3.8, 4) is 11.5 Å². The van der Waals surface area contributed by atoms with Crippen LogP contribution in [-0.2, 0) is 0 Å². The molecule has 3 nitrogen and oxygen atoms in total. The topological polar surface area (TPSA) is 38.7 Å². The van der Waals surface area contributed by atoms with Gasteiger partial charge in [-0.3, -0.25) is 0 Å². The average Bonchev–Trinajstić information content (AvgIpc) is 2.95. The van der Waals surface area contributed by atoms with Crippen molar-refractivity contribution < 1.29 is 14.6 Å². The number of rotatable bonds is 5. The van der Waals surface area contributed by atoms with Gasteiger partial charge in [-0.2, -0.15) is 0 Å². The second-order valence-electron chi connectivity index (χ2n) is 4.08. The van der Waals surface area contributed by atoms with Crippen LogP contribution < -0.4 is 9.47 Å². The van der Waals surface area contributed by atoms with Crippen molar-refractivity contribution in [1.29, 1.82) is 0 Å². The minimum Gasteiger partial charge on any atom is -0.496 e. The van der Waals surface area contributed by atoms with E-state index in [1.807, 2.05) is 18.2 Å². The monoisotopic (exact) mass is 354 g/mol. The van der Waals surface area contributed by atoms with Crippen molar-refractivity contribution in [2.45, 2.75) is 6.10 Å². The van der Waals surface area contributed by atoms with Gasteiger partial charge in [-0.1, -0.05) is 12.7 Å². The number of halogens is 1. The minimum atomic E-state index is -0.745. The van der Waals surface area contributed by atoms with Crippen LogP contribution >= 0.6 is 27.3 Å².